The zero-order valence-electron chi connectivity index (χ0n) is 9.52. The molecule has 0 bridgehead atoms. The number of nitrogens with one attached hydrogen (secondary N) is 1. The molecule has 1 fully saturated rings. The Morgan fingerprint density at radius 2 is 2.25 bits per heavy atom. The number of hydrogen-bond acceptors (Lipinski definition) is 4. The van der Waals surface area contributed by atoms with Gasteiger partial charge in [0, 0.05) is 20.1 Å². The highest BCUT2D eigenvalue weighted by Crippen LogP contribution is 2.06. The van der Waals surface area contributed by atoms with Gasteiger partial charge in [0.2, 0.25) is 5.91 Å². The number of aromatic nitrogens is 3. The highest BCUT2D eigenvalue weighted by molar-refractivity contribution is 5.78. The highest BCUT2D eigenvalue weighted by atomic mass is 16.2. The van der Waals surface area contributed by atoms with Crippen LogP contribution in [0.2, 0.25) is 0 Å². The van der Waals surface area contributed by atoms with Crippen molar-refractivity contribution in [2.75, 3.05) is 19.6 Å². The quantitative estimate of drug-likeness (QED) is 0.749. The van der Waals surface area contributed by atoms with Crippen LogP contribution in [0.3, 0.4) is 0 Å². The van der Waals surface area contributed by atoms with Crippen molar-refractivity contribution in [2.24, 2.45) is 7.05 Å². The van der Waals surface area contributed by atoms with Crippen molar-refractivity contribution < 1.29 is 4.79 Å². The molecule has 1 saturated heterocycles. The molecule has 0 aliphatic carbocycles. The van der Waals surface area contributed by atoms with Crippen LogP contribution >= 0.6 is 0 Å². The van der Waals surface area contributed by atoms with Crippen LogP contribution < -0.4 is 5.32 Å². The van der Waals surface area contributed by atoms with Crippen molar-refractivity contribution in [2.45, 2.75) is 19.4 Å². The number of rotatable bonds is 4. The standard InChI is InChI=1S/C10H17N5O/c1-14-8-12-9(13-14)6-11-7-10(16)15-4-2-3-5-15/h8,11H,2-7H2,1H3. The second-order valence-electron chi connectivity index (χ2n) is 4.03. The maximum atomic E-state index is 11.7. The van der Waals surface area contributed by atoms with E-state index in [0.717, 1.165) is 31.8 Å². The topological polar surface area (TPSA) is 63.1 Å². The Morgan fingerprint density at radius 1 is 1.50 bits per heavy atom. The molecule has 1 aromatic heterocycles. The van der Waals surface area contributed by atoms with Gasteiger partial charge >= 0.3 is 0 Å². The zero-order valence-corrected chi connectivity index (χ0v) is 9.52. The van der Waals surface area contributed by atoms with Gasteiger partial charge in [-0.3, -0.25) is 9.48 Å². The van der Waals surface area contributed by atoms with Gasteiger partial charge < -0.3 is 10.2 Å². The Morgan fingerprint density at radius 3 is 2.88 bits per heavy atom. The van der Waals surface area contributed by atoms with E-state index in [0.29, 0.717) is 13.1 Å². The molecule has 1 N–H and O–H groups in total. The molecule has 0 aromatic carbocycles. The lowest BCUT2D eigenvalue weighted by Gasteiger charge is -2.14. The van der Waals surface area contributed by atoms with Crippen molar-refractivity contribution in [1.29, 1.82) is 0 Å². The summed E-state index contributed by atoms with van der Waals surface area (Å²) in [5.41, 5.74) is 0. The molecule has 0 atom stereocenters. The molecule has 1 amide bonds. The summed E-state index contributed by atoms with van der Waals surface area (Å²) in [6, 6.07) is 0. The Kier molecular flexibility index (Phi) is 3.51. The van der Waals surface area contributed by atoms with E-state index >= 15 is 0 Å². The molecule has 2 rings (SSSR count). The second kappa shape index (κ2) is 5.07. The van der Waals surface area contributed by atoms with E-state index in [1.807, 2.05) is 11.9 Å². The number of amides is 1. The van der Waals surface area contributed by atoms with Crippen LogP contribution in [0.25, 0.3) is 0 Å². The average molecular weight is 223 g/mol. The number of likely N-dealkylation sites (tertiary alicyclic amines) is 1. The largest absolute Gasteiger partial charge is 0.342 e. The number of aryl methyl sites for hydroxylation is 1. The van der Waals surface area contributed by atoms with Gasteiger partial charge in [-0.2, -0.15) is 5.10 Å². The van der Waals surface area contributed by atoms with E-state index in [4.69, 9.17) is 0 Å². The first-order chi connectivity index (χ1) is 7.75. The van der Waals surface area contributed by atoms with Crippen molar-refractivity contribution in [3.05, 3.63) is 12.2 Å². The third kappa shape index (κ3) is 2.79. The fraction of sp³-hybridized carbons (Fsp3) is 0.700. The predicted octanol–water partition coefficient (Wildman–Crippen LogP) is -0.473. The lowest BCUT2D eigenvalue weighted by molar-refractivity contribution is -0.129. The van der Waals surface area contributed by atoms with Crippen LogP contribution in [0.5, 0.6) is 0 Å². The fourth-order valence-corrected chi connectivity index (χ4v) is 1.82. The van der Waals surface area contributed by atoms with Crippen LogP contribution in [0.15, 0.2) is 6.33 Å². The molecule has 88 valence electrons. The summed E-state index contributed by atoms with van der Waals surface area (Å²) in [4.78, 5) is 17.6. The van der Waals surface area contributed by atoms with Gasteiger partial charge in [0.25, 0.3) is 0 Å². The molecule has 0 spiro atoms. The Bertz CT molecular complexity index is 356. The SMILES string of the molecule is Cn1cnc(CNCC(=O)N2CCCC2)n1. The minimum Gasteiger partial charge on any atom is -0.342 e. The van der Waals surface area contributed by atoms with Gasteiger partial charge in [0.1, 0.15) is 6.33 Å². The average Bonchev–Trinajstić information content (AvgIpc) is 2.89. The molecule has 2 heterocycles. The summed E-state index contributed by atoms with van der Waals surface area (Å²) in [5.74, 6) is 0.894. The minimum atomic E-state index is 0.174. The summed E-state index contributed by atoms with van der Waals surface area (Å²) >= 11 is 0. The predicted molar refractivity (Wildman–Crippen MR) is 58.5 cm³/mol. The van der Waals surface area contributed by atoms with Crippen LogP contribution in [0.4, 0.5) is 0 Å². The molecular weight excluding hydrogens is 206 g/mol. The number of carbonyl (C=O) groups excluding carboxylic acids is 1. The number of nitrogens with zero attached hydrogens (tertiary/aromatic N) is 4. The van der Waals surface area contributed by atoms with E-state index in [-0.39, 0.29) is 5.91 Å². The molecule has 0 radical (unpaired) electrons. The summed E-state index contributed by atoms with van der Waals surface area (Å²) in [6.45, 7) is 2.73. The number of carbonyl (C=O) groups is 1. The van der Waals surface area contributed by atoms with Gasteiger partial charge in [0.15, 0.2) is 5.82 Å². The summed E-state index contributed by atoms with van der Waals surface area (Å²) in [7, 11) is 1.83. The Hall–Kier alpha value is -1.43. The van der Waals surface area contributed by atoms with Gasteiger partial charge in [-0.1, -0.05) is 0 Å². The zero-order chi connectivity index (χ0) is 11.4. The van der Waals surface area contributed by atoms with Gasteiger partial charge in [-0.05, 0) is 12.8 Å². The van der Waals surface area contributed by atoms with Crippen LogP contribution in [-0.4, -0.2) is 45.2 Å². The smallest absolute Gasteiger partial charge is 0.236 e. The molecule has 6 heteroatoms. The molecule has 1 aliphatic rings. The summed E-state index contributed by atoms with van der Waals surface area (Å²) in [5, 5.41) is 7.19. The van der Waals surface area contributed by atoms with E-state index < -0.39 is 0 Å². The summed E-state index contributed by atoms with van der Waals surface area (Å²) < 4.78 is 1.65. The monoisotopic (exact) mass is 223 g/mol. The van der Waals surface area contributed by atoms with Gasteiger partial charge in [-0.15, -0.1) is 0 Å². The lowest BCUT2D eigenvalue weighted by Crippen LogP contribution is -2.36. The first-order valence-electron chi connectivity index (χ1n) is 5.59. The van der Waals surface area contributed by atoms with E-state index in [1.165, 1.54) is 0 Å². The number of hydrogen-bond donors (Lipinski definition) is 1. The molecule has 1 aromatic rings. The van der Waals surface area contributed by atoms with E-state index in [9.17, 15) is 4.79 Å². The lowest BCUT2D eigenvalue weighted by atomic mass is 10.4. The van der Waals surface area contributed by atoms with Crippen molar-refractivity contribution in [3.63, 3.8) is 0 Å². The molecule has 0 unspecified atom stereocenters. The van der Waals surface area contributed by atoms with E-state index in [2.05, 4.69) is 15.4 Å². The van der Waals surface area contributed by atoms with Gasteiger partial charge in [-0.25, -0.2) is 4.98 Å². The van der Waals surface area contributed by atoms with Crippen molar-refractivity contribution >= 4 is 5.91 Å². The maximum absolute atomic E-state index is 11.7. The molecular formula is C10H17N5O. The van der Waals surface area contributed by atoms with Crippen LogP contribution in [-0.2, 0) is 18.4 Å². The molecule has 16 heavy (non-hydrogen) atoms. The second-order valence-corrected chi connectivity index (χ2v) is 4.03. The normalized spacial score (nSPS) is 15.7. The highest BCUT2D eigenvalue weighted by Gasteiger charge is 2.16. The maximum Gasteiger partial charge on any atom is 0.236 e. The minimum absolute atomic E-state index is 0.174. The molecule has 6 nitrogen and oxygen atoms in total. The molecule has 0 saturated carbocycles. The van der Waals surface area contributed by atoms with Crippen molar-refractivity contribution in [1.82, 2.24) is 25.0 Å². The van der Waals surface area contributed by atoms with Crippen LogP contribution in [0, 0.1) is 0 Å². The third-order valence-electron chi connectivity index (χ3n) is 2.67. The Balaban J connectivity index is 1.69. The van der Waals surface area contributed by atoms with Crippen LogP contribution in [0.1, 0.15) is 18.7 Å². The first kappa shape index (κ1) is 11.1. The fourth-order valence-electron chi connectivity index (χ4n) is 1.82. The first-order valence-corrected chi connectivity index (χ1v) is 5.59. The van der Waals surface area contributed by atoms with E-state index in [1.54, 1.807) is 11.0 Å². The third-order valence-corrected chi connectivity index (χ3v) is 2.67. The summed E-state index contributed by atoms with van der Waals surface area (Å²) in [6.07, 6.45) is 3.92. The Labute approximate surface area is 94.6 Å². The van der Waals surface area contributed by atoms with Gasteiger partial charge in [0.05, 0.1) is 13.1 Å². The molecule has 1 aliphatic heterocycles. The van der Waals surface area contributed by atoms with Crippen molar-refractivity contribution in [3.8, 4) is 0 Å².